The van der Waals surface area contributed by atoms with E-state index in [4.69, 9.17) is 0 Å². The summed E-state index contributed by atoms with van der Waals surface area (Å²) in [7, 11) is 0. The van der Waals surface area contributed by atoms with Crippen LogP contribution in [-0.4, -0.2) is 46.6 Å². The number of nitrogens with one attached hydrogen (secondary N) is 1. The molecule has 0 spiro atoms. The first-order chi connectivity index (χ1) is 14.0. The average Bonchev–Trinajstić information content (AvgIpc) is 3.18. The van der Waals surface area contributed by atoms with Gasteiger partial charge in [-0.2, -0.15) is 0 Å². The van der Waals surface area contributed by atoms with Crippen molar-refractivity contribution in [2.24, 2.45) is 0 Å². The minimum absolute atomic E-state index is 0.0380. The fourth-order valence-electron chi connectivity index (χ4n) is 4.44. The van der Waals surface area contributed by atoms with Gasteiger partial charge in [0.25, 0.3) is 0 Å². The highest BCUT2D eigenvalue weighted by atomic mass is 19.1. The zero-order chi connectivity index (χ0) is 20.4. The number of amides is 2. The lowest BCUT2D eigenvalue weighted by Crippen LogP contribution is -2.49. The first kappa shape index (κ1) is 19.6. The lowest BCUT2D eigenvalue weighted by atomic mass is 10.0. The first-order valence-corrected chi connectivity index (χ1v) is 10.4. The number of likely N-dealkylation sites (tertiary alicyclic amines) is 1. The smallest absolute Gasteiger partial charge is 0.318 e. The Bertz CT molecular complexity index is 861. The summed E-state index contributed by atoms with van der Waals surface area (Å²) < 4.78 is 13.6. The molecule has 1 N–H and O–H groups in total. The number of benzene rings is 1. The highest BCUT2D eigenvalue weighted by molar-refractivity contribution is 5.75. The van der Waals surface area contributed by atoms with Crippen LogP contribution in [0.2, 0.25) is 0 Å². The maximum absolute atomic E-state index is 13.6. The predicted molar refractivity (Wildman–Crippen MR) is 110 cm³/mol. The number of carbonyl (C=O) groups excluding carboxylic acids is 1. The maximum Gasteiger partial charge on any atom is 0.318 e. The number of urea groups is 1. The molecule has 1 atom stereocenters. The molecule has 0 saturated carbocycles. The van der Waals surface area contributed by atoms with Gasteiger partial charge in [0.1, 0.15) is 17.5 Å². The van der Waals surface area contributed by atoms with Gasteiger partial charge in [-0.25, -0.2) is 19.2 Å². The summed E-state index contributed by atoms with van der Waals surface area (Å²) >= 11 is 0. The SMILES string of the molecule is Cc1cc(N2CCC(NC(=O)N3CCCC3c3cccc(F)c3)CC2)nc(C)n1. The largest absolute Gasteiger partial charge is 0.356 e. The fraction of sp³-hybridized carbons (Fsp3) is 0.500. The molecule has 3 heterocycles. The van der Waals surface area contributed by atoms with Gasteiger partial charge in [-0.05, 0) is 57.2 Å². The molecule has 1 unspecified atom stereocenters. The number of aromatic nitrogens is 2. The Morgan fingerprint density at radius 3 is 2.62 bits per heavy atom. The van der Waals surface area contributed by atoms with E-state index in [2.05, 4.69) is 20.2 Å². The van der Waals surface area contributed by atoms with Crippen LogP contribution in [0.5, 0.6) is 0 Å². The Morgan fingerprint density at radius 2 is 1.90 bits per heavy atom. The first-order valence-electron chi connectivity index (χ1n) is 10.4. The van der Waals surface area contributed by atoms with Crippen molar-refractivity contribution in [2.75, 3.05) is 24.5 Å². The minimum Gasteiger partial charge on any atom is -0.356 e. The Kier molecular flexibility index (Phi) is 5.65. The number of halogens is 1. The van der Waals surface area contributed by atoms with Crippen molar-refractivity contribution in [3.8, 4) is 0 Å². The Balaban J connectivity index is 1.35. The minimum atomic E-state index is -0.252. The van der Waals surface area contributed by atoms with E-state index >= 15 is 0 Å². The maximum atomic E-state index is 13.6. The molecule has 0 aliphatic carbocycles. The van der Waals surface area contributed by atoms with Crippen LogP contribution in [0.15, 0.2) is 30.3 Å². The highest BCUT2D eigenvalue weighted by Crippen LogP contribution is 2.32. The fourth-order valence-corrected chi connectivity index (χ4v) is 4.44. The summed E-state index contributed by atoms with van der Waals surface area (Å²) in [6.45, 7) is 6.32. The molecule has 29 heavy (non-hydrogen) atoms. The van der Waals surface area contributed by atoms with Gasteiger partial charge in [0, 0.05) is 37.4 Å². The Hall–Kier alpha value is -2.70. The summed E-state index contributed by atoms with van der Waals surface area (Å²) in [6.07, 6.45) is 3.58. The zero-order valence-electron chi connectivity index (χ0n) is 17.1. The van der Waals surface area contributed by atoms with Gasteiger partial charge >= 0.3 is 6.03 Å². The highest BCUT2D eigenvalue weighted by Gasteiger charge is 2.32. The molecule has 1 aromatic heterocycles. The van der Waals surface area contributed by atoms with E-state index in [-0.39, 0.29) is 23.9 Å². The summed E-state index contributed by atoms with van der Waals surface area (Å²) in [5, 5.41) is 3.20. The van der Waals surface area contributed by atoms with Gasteiger partial charge in [0.15, 0.2) is 0 Å². The quantitative estimate of drug-likeness (QED) is 0.857. The van der Waals surface area contributed by atoms with Crippen molar-refractivity contribution in [1.82, 2.24) is 20.2 Å². The predicted octanol–water partition coefficient (Wildman–Crippen LogP) is 3.75. The third-order valence-corrected chi connectivity index (χ3v) is 5.85. The van der Waals surface area contributed by atoms with Crippen LogP contribution in [0.3, 0.4) is 0 Å². The molecular weight excluding hydrogens is 369 g/mol. The van der Waals surface area contributed by atoms with Gasteiger partial charge in [-0.1, -0.05) is 12.1 Å². The van der Waals surface area contributed by atoms with Crippen LogP contribution in [0.1, 0.15) is 48.8 Å². The number of rotatable bonds is 3. The molecule has 154 valence electrons. The van der Waals surface area contributed by atoms with Crippen LogP contribution in [-0.2, 0) is 0 Å². The molecule has 2 aromatic rings. The molecule has 2 amide bonds. The average molecular weight is 397 g/mol. The monoisotopic (exact) mass is 397 g/mol. The molecule has 4 rings (SSSR count). The van der Waals surface area contributed by atoms with Crippen molar-refractivity contribution >= 4 is 11.8 Å². The van der Waals surface area contributed by atoms with Gasteiger partial charge < -0.3 is 15.1 Å². The zero-order valence-corrected chi connectivity index (χ0v) is 17.1. The van der Waals surface area contributed by atoms with Gasteiger partial charge in [-0.15, -0.1) is 0 Å². The molecule has 1 aromatic carbocycles. The van der Waals surface area contributed by atoms with E-state index in [1.54, 1.807) is 12.1 Å². The van der Waals surface area contributed by atoms with E-state index < -0.39 is 0 Å². The number of hydrogen-bond acceptors (Lipinski definition) is 4. The van der Waals surface area contributed by atoms with Crippen LogP contribution < -0.4 is 10.2 Å². The molecule has 2 aliphatic heterocycles. The van der Waals surface area contributed by atoms with E-state index in [1.807, 2.05) is 30.9 Å². The molecule has 0 bridgehead atoms. The third-order valence-electron chi connectivity index (χ3n) is 5.85. The van der Waals surface area contributed by atoms with Gasteiger partial charge in [0.2, 0.25) is 0 Å². The van der Waals surface area contributed by atoms with E-state index in [9.17, 15) is 9.18 Å². The number of carbonyl (C=O) groups is 1. The summed E-state index contributed by atoms with van der Waals surface area (Å²) in [5.41, 5.74) is 1.85. The molecule has 6 nitrogen and oxygen atoms in total. The molecule has 2 saturated heterocycles. The third kappa shape index (κ3) is 4.49. The van der Waals surface area contributed by atoms with E-state index in [0.717, 1.165) is 61.7 Å². The van der Waals surface area contributed by atoms with E-state index in [0.29, 0.717) is 6.54 Å². The number of piperidine rings is 1. The number of nitrogens with zero attached hydrogens (tertiary/aromatic N) is 4. The van der Waals surface area contributed by atoms with Crippen LogP contribution >= 0.6 is 0 Å². The molecule has 2 fully saturated rings. The molecule has 7 heteroatoms. The van der Waals surface area contributed by atoms with Crippen molar-refractivity contribution in [3.05, 3.63) is 53.2 Å². The van der Waals surface area contributed by atoms with Crippen LogP contribution in [0.25, 0.3) is 0 Å². The molecule has 0 radical (unpaired) electrons. The van der Waals surface area contributed by atoms with Crippen LogP contribution in [0, 0.1) is 19.7 Å². The second kappa shape index (κ2) is 8.35. The lowest BCUT2D eigenvalue weighted by molar-refractivity contribution is 0.186. The number of anilines is 1. The number of hydrogen-bond donors (Lipinski definition) is 1. The van der Waals surface area contributed by atoms with Gasteiger partial charge in [0.05, 0.1) is 6.04 Å². The van der Waals surface area contributed by atoms with Crippen molar-refractivity contribution in [3.63, 3.8) is 0 Å². The van der Waals surface area contributed by atoms with Crippen molar-refractivity contribution < 1.29 is 9.18 Å². The second-order valence-corrected chi connectivity index (χ2v) is 8.03. The van der Waals surface area contributed by atoms with E-state index in [1.165, 1.54) is 6.07 Å². The van der Waals surface area contributed by atoms with Crippen molar-refractivity contribution in [2.45, 2.75) is 51.6 Å². The normalized spacial score (nSPS) is 20.2. The lowest BCUT2D eigenvalue weighted by Gasteiger charge is -2.35. The summed E-state index contributed by atoms with van der Waals surface area (Å²) in [4.78, 5) is 25.9. The van der Waals surface area contributed by atoms with Crippen LogP contribution in [0.4, 0.5) is 15.0 Å². The second-order valence-electron chi connectivity index (χ2n) is 8.03. The molecular formula is C22H28FN5O. The summed E-state index contributed by atoms with van der Waals surface area (Å²) in [5.74, 6) is 1.50. The Labute approximate surface area is 171 Å². The van der Waals surface area contributed by atoms with Crippen molar-refractivity contribution in [1.29, 1.82) is 0 Å². The molecule has 2 aliphatic rings. The summed E-state index contributed by atoms with van der Waals surface area (Å²) in [6, 6.07) is 8.69. The standard InChI is InChI=1S/C22H28FN5O/c1-15-13-21(25-16(2)24-15)27-11-8-19(9-12-27)26-22(29)28-10-4-7-20(28)17-5-3-6-18(23)14-17/h3,5-6,13-14,19-20H,4,7-12H2,1-2H3,(H,26,29). The Morgan fingerprint density at radius 1 is 1.10 bits per heavy atom. The number of aryl methyl sites for hydroxylation is 2. The van der Waals surface area contributed by atoms with Gasteiger partial charge in [-0.3, -0.25) is 0 Å². The topological polar surface area (TPSA) is 61.4 Å².